The van der Waals surface area contributed by atoms with E-state index >= 15 is 0 Å². The van der Waals surface area contributed by atoms with Crippen molar-refractivity contribution in [2.45, 2.75) is 26.2 Å². The van der Waals surface area contributed by atoms with E-state index in [1.165, 1.54) is 0 Å². The minimum Gasteiger partial charge on any atom is -0.466 e. The summed E-state index contributed by atoms with van der Waals surface area (Å²) >= 11 is 5.97. The molecule has 1 aromatic carbocycles. The van der Waals surface area contributed by atoms with Crippen LogP contribution in [0.5, 0.6) is 0 Å². The highest BCUT2D eigenvalue weighted by Gasteiger charge is 2.29. The number of ether oxygens (including phenoxy) is 1. The highest BCUT2D eigenvalue weighted by atomic mass is 35.5. The Morgan fingerprint density at radius 3 is 2.80 bits per heavy atom. The molecule has 6 nitrogen and oxygen atoms in total. The maximum absolute atomic E-state index is 12.3. The van der Waals surface area contributed by atoms with E-state index in [0.717, 1.165) is 12.8 Å². The molecule has 1 N–H and O–H groups in total. The van der Waals surface area contributed by atoms with Crippen molar-refractivity contribution >= 4 is 29.4 Å². The average molecular weight is 367 g/mol. The van der Waals surface area contributed by atoms with E-state index in [1.807, 2.05) is 0 Å². The number of amides is 2. The predicted molar refractivity (Wildman–Crippen MR) is 94.3 cm³/mol. The maximum atomic E-state index is 12.3. The summed E-state index contributed by atoms with van der Waals surface area (Å²) in [6, 6.07) is 6.76. The topological polar surface area (TPSA) is 75.7 Å². The highest BCUT2D eigenvalue weighted by molar-refractivity contribution is 6.33. The van der Waals surface area contributed by atoms with E-state index in [-0.39, 0.29) is 36.7 Å². The van der Waals surface area contributed by atoms with Crippen molar-refractivity contribution in [2.24, 2.45) is 5.92 Å². The number of benzene rings is 1. The molecule has 2 rings (SSSR count). The first-order chi connectivity index (χ1) is 12.0. The number of rotatable bonds is 6. The van der Waals surface area contributed by atoms with Crippen LogP contribution < -0.4 is 5.32 Å². The van der Waals surface area contributed by atoms with E-state index in [4.69, 9.17) is 16.3 Å². The van der Waals surface area contributed by atoms with Gasteiger partial charge in [0.1, 0.15) is 0 Å². The number of esters is 1. The van der Waals surface area contributed by atoms with E-state index in [0.29, 0.717) is 30.3 Å². The molecule has 136 valence electrons. The van der Waals surface area contributed by atoms with Crippen molar-refractivity contribution in [1.82, 2.24) is 10.2 Å². The highest BCUT2D eigenvalue weighted by Crippen LogP contribution is 2.18. The zero-order valence-corrected chi connectivity index (χ0v) is 15.1. The molecule has 2 amide bonds. The Labute approximate surface area is 152 Å². The molecular formula is C18H23ClN2O4. The molecule has 0 aliphatic carbocycles. The van der Waals surface area contributed by atoms with Crippen LogP contribution >= 0.6 is 11.6 Å². The van der Waals surface area contributed by atoms with Crippen LogP contribution in [0.2, 0.25) is 5.02 Å². The largest absolute Gasteiger partial charge is 0.466 e. The van der Waals surface area contributed by atoms with Crippen LogP contribution in [0.25, 0.3) is 0 Å². The van der Waals surface area contributed by atoms with Gasteiger partial charge in [-0.2, -0.15) is 0 Å². The number of piperidine rings is 1. The fourth-order valence-corrected chi connectivity index (χ4v) is 3.06. The number of halogens is 1. The summed E-state index contributed by atoms with van der Waals surface area (Å²) in [4.78, 5) is 37.9. The van der Waals surface area contributed by atoms with Gasteiger partial charge in [-0.15, -0.1) is 0 Å². The molecule has 1 saturated heterocycles. The lowest BCUT2D eigenvalue weighted by atomic mass is 9.98. The van der Waals surface area contributed by atoms with E-state index in [9.17, 15) is 14.4 Å². The molecule has 0 bridgehead atoms. The van der Waals surface area contributed by atoms with E-state index in [2.05, 4.69) is 5.32 Å². The van der Waals surface area contributed by atoms with Crippen molar-refractivity contribution in [3.05, 3.63) is 34.9 Å². The van der Waals surface area contributed by atoms with Crippen molar-refractivity contribution in [3.63, 3.8) is 0 Å². The standard InChI is InChI=1S/C18H23ClN2O4/c1-2-25-18(24)13-6-5-11-21(12-13)16(22)9-10-20-17(23)14-7-3-4-8-15(14)19/h3-4,7-8,13H,2,5-6,9-12H2,1H3,(H,20,23)/t13-/m1/s1. The molecule has 25 heavy (non-hydrogen) atoms. The predicted octanol–water partition coefficient (Wildman–Crippen LogP) is 2.26. The number of carbonyl (C=O) groups is 3. The first kappa shape index (κ1) is 19.2. The molecule has 0 spiro atoms. The summed E-state index contributed by atoms with van der Waals surface area (Å²) in [5, 5.41) is 3.08. The molecule has 1 fully saturated rings. The second-order valence-corrected chi connectivity index (χ2v) is 6.32. The van der Waals surface area contributed by atoms with Gasteiger partial charge in [0.15, 0.2) is 0 Å². The van der Waals surface area contributed by atoms with Gasteiger partial charge in [0.2, 0.25) is 5.91 Å². The molecule has 1 heterocycles. The number of nitrogens with one attached hydrogen (secondary N) is 1. The zero-order valence-electron chi connectivity index (χ0n) is 14.3. The van der Waals surface area contributed by atoms with Crippen LogP contribution in [-0.2, 0) is 14.3 Å². The Hall–Kier alpha value is -2.08. The van der Waals surface area contributed by atoms with Crippen LogP contribution in [0, 0.1) is 5.92 Å². The summed E-state index contributed by atoms with van der Waals surface area (Å²) in [7, 11) is 0. The van der Waals surface area contributed by atoms with Gasteiger partial charge in [0.25, 0.3) is 5.91 Å². The number of likely N-dealkylation sites (tertiary alicyclic amines) is 1. The van der Waals surface area contributed by atoms with Crippen LogP contribution in [0.15, 0.2) is 24.3 Å². The number of nitrogens with zero attached hydrogens (tertiary/aromatic N) is 1. The molecule has 1 atom stereocenters. The third-order valence-electron chi connectivity index (χ3n) is 4.14. The minimum atomic E-state index is -0.304. The van der Waals surface area contributed by atoms with Crippen LogP contribution in [0.1, 0.15) is 36.5 Å². The van der Waals surface area contributed by atoms with Gasteiger partial charge in [-0.05, 0) is 31.9 Å². The van der Waals surface area contributed by atoms with Crippen molar-refractivity contribution in [3.8, 4) is 0 Å². The first-order valence-electron chi connectivity index (χ1n) is 8.50. The second kappa shape index (κ2) is 9.42. The molecule has 1 aliphatic heterocycles. The Bertz CT molecular complexity index is 635. The van der Waals surface area contributed by atoms with Gasteiger partial charge in [-0.3, -0.25) is 14.4 Å². The zero-order chi connectivity index (χ0) is 18.2. The quantitative estimate of drug-likeness (QED) is 0.783. The number of carbonyl (C=O) groups excluding carboxylic acids is 3. The van der Waals surface area contributed by atoms with Crippen LogP contribution in [0.4, 0.5) is 0 Å². The first-order valence-corrected chi connectivity index (χ1v) is 8.87. The lowest BCUT2D eigenvalue weighted by molar-refractivity contribution is -0.151. The summed E-state index contributed by atoms with van der Waals surface area (Å²) < 4.78 is 5.04. The molecule has 0 aromatic heterocycles. The monoisotopic (exact) mass is 366 g/mol. The maximum Gasteiger partial charge on any atom is 0.310 e. The van der Waals surface area contributed by atoms with Crippen molar-refractivity contribution in [1.29, 1.82) is 0 Å². The average Bonchev–Trinajstić information content (AvgIpc) is 2.62. The fourth-order valence-electron chi connectivity index (χ4n) is 2.84. The Morgan fingerprint density at radius 2 is 2.08 bits per heavy atom. The third kappa shape index (κ3) is 5.46. The molecule has 0 radical (unpaired) electrons. The van der Waals surface area contributed by atoms with Crippen LogP contribution in [-0.4, -0.2) is 48.9 Å². The lowest BCUT2D eigenvalue weighted by Crippen LogP contribution is -2.43. The van der Waals surface area contributed by atoms with Gasteiger partial charge < -0.3 is 15.0 Å². The van der Waals surface area contributed by atoms with Gasteiger partial charge in [0.05, 0.1) is 23.1 Å². The summed E-state index contributed by atoms with van der Waals surface area (Å²) in [5.41, 5.74) is 0.386. The van der Waals surface area contributed by atoms with Crippen LogP contribution in [0.3, 0.4) is 0 Å². The Kier molecular flexibility index (Phi) is 7.25. The van der Waals surface area contributed by atoms with Crippen molar-refractivity contribution < 1.29 is 19.1 Å². The molecule has 0 unspecified atom stereocenters. The normalized spacial score (nSPS) is 17.0. The third-order valence-corrected chi connectivity index (χ3v) is 4.47. The smallest absolute Gasteiger partial charge is 0.310 e. The molecule has 1 aliphatic rings. The number of hydrogen-bond donors (Lipinski definition) is 1. The summed E-state index contributed by atoms with van der Waals surface area (Å²) in [6.45, 7) is 3.36. The van der Waals surface area contributed by atoms with Gasteiger partial charge in [-0.1, -0.05) is 23.7 Å². The summed E-state index contributed by atoms with van der Waals surface area (Å²) in [5.74, 6) is -0.878. The molecule has 1 aromatic rings. The van der Waals surface area contributed by atoms with Crippen molar-refractivity contribution in [2.75, 3.05) is 26.2 Å². The SMILES string of the molecule is CCOC(=O)[C@@H]1CCCN(C(=O)CCNC(=O)c2ccccc2Cl)C1. The Balaban J connectivity index is 1.79. The molecule has 7 heteroatoms. The lowest BCUT2D eigenvalue weighted by Gasteiger charge is -2.31. The Morgan fingerprint density at radius 1 is 1.32 bits per heavy atom. The fraction of sp³-hybridized carbons (Fsp3) is 0.500. The van der Waals surface area contributed by atoms with Gasteiger partial charge in [0, 0.05) is 26.1 Å². The van der Waals surface area contributed by atoms with Gasteiger partial charge in [-0.25, -0.2) is 0 Å². The summed E-state index contributed by atoms with van der Waals surface area (Å²) in [6.07, 6.45) is 1.71. The molecule has 0 saturated carbocycles. The number of hydrogen-bond acceptors (Lipinski definition) is 4. The van der Waals surface area contributed by atoms with Gasteiger partial charge >= 0.3 is 5.97 Å². The molecular weight excluding hydrogens is 344 g/mol. The van der Waals surface area contributed by atoms with E-state index < -0.39 is 0 Å². The minimum absolute atomic E-state index is 0.0755. The van der Waals surface area contributed by atoms with E-state index in [1.54, 1.807) is 36.1 Å². The second-order valence-electron chi connectivity index (χ2n) is 5.92.